The van der Waals surface area contributed by atoms with E-state index < -0.39 is 0 Å². The molecule has 0 radical (unpaired) electrons. The summed E-state index contributed by atoms with van der Waals surface area (Å²) in [5.41, 5.74) is 5.86. The average molecular weight is 256 g/mol. The number of nitrogens with one attached hydrogen (secondary N) is 1. The fourth-order valence-corrected chi connectivity index (χ4v) is 1.67. The van der Waals surface area contributed by atoms with E-state index in [0.29, 0.717) is 12.2 Å². The number of hydrogen-bond acceptors (Lipinski definition) is 3. The molecule has 1 aromatic heterocycles. The SMILES string of the molecule is Cc1ccc(CC(=O)N/N=C\c2ccco2)cc1C. The molecule has 0 unspecified atom stereocenters. The van der Waals surface area contributed by atoms with Crippen molar-refractivity contribution in [1.29, 1.82) is 0 Å². The van der Waals surface area contributed by atoms with Crippen LogP contribution in [-0.4, -0.2) is 12.1 Å². The topological polar surface area (TPSA) is 54.6 Å². The van der Waals surface area contributed by atoms with Gasteiger partial charge in [0.05, 0.1) is 18.9 Å². The second-order valence-corrected chi connectivity index (χ2v) is 4.40. The molecule has 1 amide bonds. The Balaban J connectivity index is 1.89. The highest BCUT2D eigenvalue weighted by Gasteiger charge is 2.03. The Kier molecular flexibility index (Phi) is 4.13. The van der Waals surface area contributed by atoms with Crippen LogP contribution in [0.25, 0.3) is 0 Å². The Morgan fingerprint density at radius 3 is 2.84 bits per heavy atom. The fraction of sp³-hybridized carbons (Fsp3) is 0.200. The molecule has 0 aliphatic heterocycles. The van der Waals surface area contributed by atoms with E-state index >= 15 is 0 Å². The van der Waals surface area contributed by atoms with Crippen molar-refractivity contribution < 1.29 is 9.21 Å². The maximum absolute atomic E-state index is 11.7. The number of hydrazone groups is 1. The maximum Gasteiger partial charge on any atom is 0.244 e. The van der Waals surface area contributed by atoms with E-state index in [1.807, 2.05) is 32.0 Å². The van der Waals surface area contributed by atoms with Crippen molar-refractivity contribution in [2.24, 2.45) is 5.10 Å². The molecule has 4 heteroatoms. The lowest BCUT2D eigenvalue weighted by atomic mass is 10.0. The van der Waals surface area contributed by atoms with Gasteiger partial charge in [-0.1, -0.05) is 18.2 Å². The first kappa shape index (κ1) is 13.1. The highest BCUT2D eigenvalue weighted by atomic mass is 16.3. The van der Waals surface area contributed by atoms with Crippen molar-refractivity contribution >= 4 is 12.1 Å². The summed E-state index contributed by atoms with van der Waals surface area (Å²) in [4.78, 5) is 11.7. The summed E-state index contributed by atoms with van der Waals surface area (Å²) in [5.74, 6) is 0.456. The van der Waals surface area contributed by atoms with Crippen LogP contribution in [0, 0.1) is 13.8 Å². The summed E-state index contributed by atoms with van der Waals surface area (Å²) in [5, 5.41) is 3.83. The predicted octanol–water partition coefficient (Wildman–Crippen LogP) is 2.59. The third-order valence-electron chi connectivity index (χ3n) is 2.86. The second-order valence-electron chi connectivity index (χ2n) is 4.40. The molecule has 0 saturated carbocycles. The molecule has 0 fully saturated rings. The van der Waals surface area contributed by atoms with Gasteiger partial charge >= 0.3 is 0 Å². The Labute approximate surface area is 112 Å². The van der Waals surface area contributed by atoms with Gasteiger partial charge in [-0.15, -0.1) is 0 Å². The van der Waals surface area contributed by atoms with Crippen molar-refractivity contribution in [1.82, 2.24) is 5.43 Å². The molecule has 1 heterocycles. The van der Waals surface area contributed by atoms with E-state index in [-0.39, 0.29) is 5.91 Å². The molecule has 4 nitrogen and oxygen atoms in total. The molecule has 0 saturated heterocycles. The number of aryl methyl sites for hydroxylation is 2. The van der Waals surface area contributed by atoms with Gasteiger partial charge in [0.15, 0.2) is 0 Å². The second kappa shape index (κ2) is 6.00. The van der Waals surface area contributed by atoms with E-state index in [0.717, 1.165) is 5.56 Å². The molecule has 0 aliphatic carbocycles. The van der Waals surface area contributed by atoms with Gasteiger partial charge in [-0.25, -0.2) is 5.43 Å². The zero-order valence-electron chi connectivity index (χ0n) is 11.0. The first-order valence-electron chi connectivity index (χ1n) is 6.06. The normalized spacial score (nSPS) is 10.8. The first-order valence-corrected chi connectivity index (χ1v) is 6.06. The fourth-order valence-electron chi connectivity index (χ4n) is 1.67. The van der Waals surface area contributed by atoms with Gasteiger partial charge < -0.3 is 4.42 Å². The number of carbonyl (C=O) groups excluding carboxylic acids is 1. The molecular weight excluding hydrogens is 240 g/mol. The van der Waals surface area contributed by atoms with Gasteiger partial charge in [-0.2, -0.15) is 5.10 Å². The summed E-state index contributed by atoms with van der Waals surface area (Å²) in [6.07, 6.45) is 3.34. The van der Waals surface area contributed by atoms with E-state index in [1.54, 1.807) is 18.4 Å². The molecule has 19 heavy (non-hydrogen) atoms. The van der Waals surface area contributed by atoms with E-state index in [2.05, 4.69) is 10.5 Å². The Morgan fingerprint density at radius 2 is 2.16 bits per heavy atom. The number of nitrogens with zero attached hydrogens (tertiary/aromatic N) is 1. The molecular formula is C15H16N2O2. The highest BCUT2D eigenvalue weighted by molar-refractivity contribution is 5.81. The lowest BCUT2D eigenvalue weighted by Crippen LogP contribution is -2.19. The molecule has 2 aromatic rings. The molecule has 0 bridgehead atoms. The number of benzene rings is 1. The average Bonchev–Trinajstić information content (AvgIpc) is 2.87. The van der Waals surface area contributed by atoms with Crippen molar-refractivity contribution in [2.45, 2.75) is 20.3 Å². The molecule has 98 valence electrons. The summed E-state index contributed by atoms with van der Waals surface area (Å²) in [7, 11) is 0. The third kappa shape index (κ3) is 3.81. The Hall–Kier alpha value is -2.36. The van der Waals surface area contributed by atoms with Crippen LogP contribution in [0.15, 0.2) is 46.1 Å². The minimum atomic E-state index is -0.147. The molecule has 1 N–H and O–H groups in total. The minimum absolute atomic E-state index is 0.147. The highest BCUT2D eigenvalue weighted by Crippen LogP contribution is 2.10. The van der Waals surface area contributed by atoms with Gasteiger partial charge in [0.1, 0.15) is 5.76 Å². The number of rotatable bonds is 4. The van der Waals surface area contributed by atoms with Crippen LogP contribution in [-0.2, 0) is 11.2 Å². The van der Waals surface area contributed by atoms with Crippen LogP contribution in [0.5, 0.6) is 0 Å². The van der Waals surface area contributed by atoms with E-state index in [9.17, 15) is 4.79 Å². The smallest absolute Gasteiger partial charge is 0.244 e. The number of furan rings is 1. The van der Waals surface area contributed by atoms with Crippen LogP contribution in [0.1, 0.15) is 22.5 Å². The van der Waals surface area contributed by atoms with Crippen molar-refractivity contribution in [3.8, 4) is 0 Å². The van der Waals surface area contributed by atoms with Crippen LogP contribution in [0.2, 0.25) is 0 Å². The van der Waals surface area contributed by atoms with Gasteiger partial charge in [0.2, 0.25) is 5.91 Å². The Morgan fingerprint density at radius 1 is 1.32 bits per heavy atom. The van der Waals surface area contributed by atoms with Gasteiger partial charge in [-0.05, 0) is 42.7 Å². The Bertz CT molecular complexity index is 586. The van der Waals surface area contributed by atoms with Gasteiger partial charge in [-0.3, -0.25) is 4.79 Å². The van der Waals surface area contributed by atoms with Gasteiger partial charge in [0, 0.05) is 0 Å². The van der Waals surface area contributed by atoms with Crippen LogP contribution < -0.4 is 5.43 Å². The molecule has 0 aliphatic rings. The summed E-state index contributed by atoms with van der Waals surface area (Å²) >= 11 is 0. The monoisotopic (exact) mass is 256 g/mol. The van der Waals surface area contributed by atoms with Crippen LogP contribution in [0.3, 0.4) is 0 Å². The minimum Gasteiger partial charge on any atom is -0.463 e. The number of carbonyl (C=O) groups is 1. The quantitative estimate of drug-likeness (QED) is 0.675. The van der Waals surface area contributed by atoms with Crippen LogP contribution >= 0.6 is 0 Å². The largest absolute Gasteiger partial charge is 0.463 e. The summed E-state index contributed by atoms with van der Waals surface area (Å²) < 4.78 is 5.06. The van der Waals surface area contributed by atoms with Crippen molar-refractivity contribution in [3.05, 3.63) is 59.0 Å². The summed E-state index contributed by atoms with van der Waals surface area (Å²) in [6, 6.07) is 9.52. The lowest BCUT2D eigenvalue weighted by molar-refractivity contribution is -0.120. The zero-order valence-corrected chi connectivity index (χ0v) is 11.0. The number of amides is 1. The van der Waals surface area contributed by atoms with Crippen molar-refractivity contribution in [2.75, 3.05) is 0 Å². The first-order chi connectivity index (χ1) is 9.15. The van der Waals surface area contributed by atoms with Gasteiger partial charge in [0.25, 0.3) is 0 Å². The van der Waals surface area contributed by atoms with Crippen LogP contribution in [0.4, 0.5) is 0 Å². The lowest BCUT2D eigenvalue weighted by Gasteiger charge is -2.04. The maximum atomic E-state index is 11.7. The molecule has 0 atom stereocenters. The van der Waals surface area contributed by atoms with E-state index in [1.165, 1.54) is 17.3 Å². The molecule has 0 spiro atoms. The summed E-state index contributed by atoms with van der Waals surface area (Å²) in [6.45, 7) is 4.08. The molecule has 1 aromatic carbocycles. The van der Waals surface area contributed by atoms with Crippen molar-refractivity contribution in [3.63, 3.8) is 0 Å². The molecule has 2 rings (SSSR count). The zero-order chi connectivity index (χ0) is 13.7. The third-order valence-corrected chi connectivity index (χ3v) is 2.86. The van der Waals surface area contributed by atoms with E-state index in [4.69, 9.17) is 4.42 Å². The standard InChI is InChI=1S/C15H16N2O2/c1-11-5-6-13(8-12(11)2)9-15(18)17-16-10-14-4-3-7-19-14/h3-8,10H,9H2,1-2H3,(H,17,18)/b16-10-. The predicted molar refractivity (Wildman–Crippen MR) is 74.1 cm³/mol. The number of hydrogen-bond donors (Lipinski definition) is 1.